The van der Waals surface area contributed by atoms with Crippen LogP contribution in [0.5, 0.6) is 0 Å². The molecule has 2 heterocycles. The van der Waals surface area contributed by atoms with Gasteiger partial charge in [-0.05, 0) is 38.0 Å². The summed E-state index contributed by atoms with van der Waals surface area (Å²) in [6.07, 6.45) is 6.87. The molecule has 84 valence electrons. The molecule has 1 saturated carbocycles. The second kappa shape index (κ2) is 3.48. The van der Waals surface area contributed by atoms with Gasteiger partial charge in [0.15, 0.2) is 0 Å². The summed E-state index contributed by atoms with van der Waals surface area (Å²) in [6, 6.07) is 0. The summed E-state index contributed by atoms with van der Waals surface area (Å²) in [5, 5.41) is 0. The maximum Gasteiger partial charge on any atom is 0.223 e. The molecule has 3 heteroatoms. The van der Waals surface area contributed by atoms with Crippen molar-refractivity contribution in [2.45, 2.75) is 44.1 Å². The number of carbonyl (C=O) groups is 1. The molecule has 1 aliphatic carbocycles. The van der Waals surface area contributed by atoms with Gasteiger partial charge in [-0.3, -0.25) is 4.79 Å². The van der Waals surface area contributed by atoms with Crippen LogP contribution in [0.2, 0.25) is 0 Å². The van der Waals surface area contributed by atoms with Crippen LogP contribution < -0.4 is 0 Å². The van der Waals surface area contributed by atoms with Crippen molar-refractivity contribution in [2.24, 2.45) is 5.92 Å². The van der Waals surface area contributed by atoms with Gasteiger partial charge < -0.3 is 9.64 Å². The Labute approximate surface area is 90.8 Å². The van der Waals surface area contributed by atoms with Gasteiger partial charge in [0.1, 0.15) is 0 Å². The fourth-order valence-electron chi connectivity index (χ4n) is 3.14. The lowest BCUT2D eigenvalue weighted by Crippen LogP contribution is -2.65. The molecular formula is C12H19NO2. The van der Waals surface area contributed by atoms with E-state index in [1.54, 1.807) is 0 Å². The summed E-state index contributed by atoms with van der Waals surface area (Å²) in [4.78, 5) is 14.2. The molecule has 1 spiro atoms. The standard InChI is InChI=1S/C12H19NO2/c14-11(8-10-2-7-15-9-10)13-6-5-12(13)3-1-4-12/h10H,1-9H2/t10-/m1/s1. The van der Waals surface area contributed by atoms with Gasteiger partial charge in [0.25, 0.3) is 0 Å². The van der Waals surface area contributed by atoms with Gasteiger partial charge in [-0.15, -0.1) is 0 Å². The fraction of sp³-hybridized carbons (Fsp3) is 0.917. The normalized spacial score (nSPS) is 32.5. The SMILES string of the molecule is O=C(C[C@H]1CCOC1)N1CCC12CCC2. The second-order valence-electron chi connectivity index (χ2n) is 5.31. The molecule has 1 amide bonds. The minimum atomic E-state index is 0.330. The Bertz CT molecular complexity index is 261. The van der Waals surface area contributed by atoms with Crippen LogP contribution in [-0.4, -0.2) is 36.1 Å². The number of likely N-dealkylation sites (tertiary alicyclic amines) is 1. The first-order chi connectivity index (χ1) is 7.30. The van der Waals surface area contributed by atoms with Crippen molar-refractivity contribution < 1.29 is 9.53 Å². The average molecular weight is 209 g/mol. The first-order valence-electron chi connectivity index (χ1n) is 6.18. The Hall–Kier alpha value is -0.570. The molecule has 3 fully saturated rings. The van der Waals surface area contributed by atoms with E-state index in [0.717, 1.165) is 32.6 Å². The molecule has 2 aliphatic heterocycles. The van der Waals surface area contributed by atoms with Gasteiger partial charge in [-0.1, -0.05) is 0 Å². The molecule has 0 bridgehead atoms. The molecule has 0 unspecified atom stereocenters. The first-order valence-corrected chi connectivity index (χ1v) is 6.18. The summed E-state index contributed by atoms with van der Waals surface area (Å²) in [5.41, 5.74) is 0.330. The van der Waals surface area contributed by atoms with Gasteiger partial charge in [0.2, 0.25) is 5.91 Å². The average Bonchev–Trinajstić information content (AvgIpc) is 2.51. The van der Waals surface area contributed by atoms with Crippen LogP contribution in [0.25, 0.3) is 0 Å². The third-order valence-corrected chi connectivity index (χ3v) is 4.45. The van der Waals surface area contributed by atoms with Crippen LogP contribution in [0.4, 0.5) is 0 Å². The quantitative estimate of drug-likeness (QED) is 0.691. The van der Waals surface area contributed by atoms with Gasteiger partial charge in [0.05, 0.1) is 0 Å². The number of carbonyl (C=O) groups excluding carboxylic acids is 1. The van der Waals surface area contributed by atoms with Crippen molar-refractivity contribution in [1.29, 1.82) is 0 Å². The van der Waals surface area contributed by atoms with Crippen LogP contribution in [0.3, 0.4) is 0 Å². The smallest absolute Gasteiger partial charge is 0.223 e. The van der Waals surface area contributed by atoms with E-state index in [-0.39, 0.29) is 0 Å². The highest BCUT2D eigenvalue weighted by Gasteiger charge is 2.51. The van der Waals surface area contributed by atoms with Crippen molar-refractivity contribution in [3.63, 3.8) is 0 Å². The number of ether oxygens (including phenoxy) is 1. The number of nitrogens with zero attached hydrogens (tertiary/aromatic N) is 1. The van der Waals surface area contributed by atoms with Crippen LogP contribution >= 0.6 is 0 Å². The van der Waals surface area contributed by atoms with E-state index >= 15 is 0 Å². The van der Waals surface area contributed by atoms with Gasteiger partial charge in [-0.2, -0.15) is 0 Å². The molecule has 0 radical (unpaired) electrons. The first kappa shape index (κ1) is 9.64. The van der Waals surface area contributed by atoms with Crippen molar-refractivity contribution >= 4 is 5.91 Å². The highest BCUT2D eigenvalue weighted by Crippen LogP contribution is 2.47. The molecule has 0 aromatic carbocycles. The zero-order valence-corrected chi connectivity index (χ0v) is 9.21. The summed E-state index contributed by atoms with van der Waals surface area (Å²) >= 11 is 0. The number of rotatable bonds is 2. The van der Waals surface area contributed by atoms with E-state index in [1.807, 2.05) is 0 Å². The molecule has 3 rings (SSSR count). The maximum atomic E-state index is 12.1. The van der Waals surface area contributed by atoms with E-state index < -0.39 is 0 Å². The third-order valence-electron chi connectivity index (χ3n) is 4.45. The van der Waals surface area contributed by atoms with Gasteiger partial charge >= 0.3 is 0 Å². The van der Waals surface area contributed by atoms with Gasteiger partial charge in [-0.25, -0.2) is 0 Å². The van der Waals surface area contributed by atoms with Crippen molar-refractivity contribution in [3.8, 4) is 0 Å². The number of hydrogen-bond donors (Lipinski definition) is 0. The minimum absolute atomic E-state index is 0.330. The molecule has 15 heavy (non-hydrogen) atoms. The largest absolute Gasteiger partial charge is 0.381 e. The number of hydrogen-bond acceptors (Lipinski definition) is 2. The third kappa shape index (κ3) is 1.48. The lowest BCUT2D eigenvalue weighted by atomic mass is 9.67. The Kier molecular flexibility index (Phi) is 2.23. The molecule has 0 aromatic rings. The fourth-order valence-corrected chi connectivity index (χ4v) is 3.14. The predicted molar refractivity (Wildman–Crippen MR) is 56.5 cm³/mol. The molecule has 3 nitrogen and oxygen atoms in total. The molecule has 3 aliphatic rings. The lowest BCUT2D eigenvalue weighted by molar-refractivity contribution is -0.156. The molecular weight excluding hydrogens is 190 g/mol. The van der Waals surface area contributed by atoms with E-state index in [2.05, 4.69) is 4.90 Å². The summed E-state index contributed by atoms with van der Waals surface area (Å²) in [7, 11) is 0. The number of amides is 1. The summed E-state index contributed by atoms with van der Waals surface area (Å²) in [6.45, 7) is 2.65. The molecule has 0 aromatic heterocycles. The zero-order valence-electron chi connectivity index (χ0n) is 9.21. The Morgan fingerprint density at radius 2 is 2.27 bits per heavy atom. The van der Waals surface area contributed by atoms with E-state index in [4.69, 9.17) is 4.74 Å². The van der Waals surface area contributed by atoms with Crippen LogP contribution in [0.15, 0.2) is 0 Å². The van der Waals surface area contributed by atoms with E-state index in [9.17, 15) is 4.79 Å². The van der Waals surface area contributed by atoms with Gasteiger partial charge in [0, 0.05) is 31.7 Å². The maximum absolute atomic E-state index is 12.1. The highest BCUT2D eigenvalue weighted by atomic mass is 16.5. The predicted octanol–water partition coefficient (Wildman–Crippen LogP) is 1.57. The van der Waals surface area contributed by atoms with Crippen LogP contribution in [0.1, 0.15) is 38.5 Å². The van der Waals surface area contributed by atoms with Crippen molar-refractivity contribution in [3.05, 3.63) is 0 Å². The Morgan fingerprint density at radius 1 is 1.40 bits per heavy atom. The van der Waals surface area contributed by atoms with E-state index in [1.165, 1.54) is 25.7 Å². The second-order valence-corrected chi connectivity index (χ2v) is 5.31. The zero-order chi connectivity index (χ0) is 10.3. The highest BCUT2D eigenvalue weighted by molar-refractivity contribution is 5.78. The Balaban J connectivity index is 1.55. The van der Waals surface area contributed by atoms with Crippen LogP contribution in [-0.2, 0) is 9.53 Å². The molecule has 0 N–H and O–H groups in total. The Morgan fingerprint density at radius 3 is 2.73 bits per heavy atom. The van der Waals surface area contributed by atoms with Crippen molar-refractivity contribution in [1.82, 2.24) is 4.90 Å². The monoisotopic (exact) mass is 209 g/mol. The summed E-state index contributed by atoms with van der Waals surface area (Å²) in [5.74, 6) is 0.881. The molecule has 2 saturated heterocycles. The molecule has 1 atom stereocenters. The summed E-state index contributed by atoms with van der Waals surface area (Å²) < 4.78 is 5.31. The van der Waals surface area contributed by atoms with E-state index in [0.29, 0.717) is 17.4 Å². The minimum Gasteiger partial charge on any atom is -0.381 e. The lowest BCUT2D eigenvalue weighted by Gasteiger charge is -2.58. The van der Waals surface area contributed by atoms with Crippen molar-refractivity contribution in [2.75, 3.05) is 19.8 Å². The topological polar surface area (TPSA) is 29.5 Å². The van der Waals surface area contributed by atoms with Crippen LogP contribution in [0, 0.1) is 5.92 Å².